The smallest absolute Gasteiger partial charge is 0.265 e. The van der Waals surface area contributed by atoms with E-state index < -0.39 is 0 Å². The molecule has 0 atom stereocenters. The van der Waals surface area contributed by atoms with Gasteiger partial charge in [0.15, 0.2) is 0 Å². The van der Waals surface area contributed by atoms with E-state index >= 15 is 0 Å². The Kier molecular flexibility index (Phi) is 5.14. The monoisotopic (exact) mass is 309 g/mol. The van der Waals surface area contributed by atoms with Gasteiger partial charge in [0.25, 0.3) is 5.91 Å². The fourth-order valence-corrected chi connectivity index (χ4v) is 3.17. The average molecular weight is 310 g/mol. The van der Waals surface area contributed by atoms with E-state index in [0.29, 0.717) is 12.1 Å². The third-order valence-corrected chi connectivity index (χ3v) is 4.10. The van der Waals surface area contributed by atoms with Gasteiger partial charge in [0.05, 0.1) is 4.34 Å². The van der Waals surface area contributed by atoms with Gasteiger partial charge in [-0.1, -0.05) is 29.8 Å². The van der Waals surface area contributed by atoms with E-state index in [0.717, 1.165) is 16.4 Å². The minimum absolute atomic E-state index is 0.270. The SMILES string of the molecule is CN(Cc1ccc(Cl)s1)Cc1ccccc1C(=O)NN. The average Bonchev–Trinajstić information content (AvgIpc) is 2.83. The highest BCUT2D eigenvalue weighted by atomic mass is 35.5. The third-order valence-electron chi connectivity index (χ3n) is 2.89. The minimum atomic E-state index is -0.270. The number of carbonyl (C=O) groups is 1. The molecule has 0 aliphatic carbocycles. The van der Waals surface area contributed by atoms with E-state index in [1.54, 1.807) is 17.4 Å². The first-order chi connectivity index (χ1) is 9.60. The van der Waals surface area contributed by atoms with Crippen molar-refractivity contribution >= 4 is 28.8 Å². The van der Waals surface area contributed by atoms with E-state index in [9.17, 15) is 4.79 Å². The summed E-state index contributed by atoms with van der Waals surface area (Å²) in [5.74, 6) is 4.93. The number of carbonyl (C=O) groups excluding carboxylic acids is 1. The normalized spacial score (nSPS) is 10.8. The number of hydrogen-bond acceptors (Lipinski definition) is 4. The number of rotatable bonds is 5. The number of thiophene rings is 1. The zero-order valence-corrected chi connectivity index (χ0v) is 12.7. The minimum Gasteiger partial charge on any atom is -0.297 e. The molecule has 0 saturated carbocycles. The Morgan fingerprint density at radius 2 is 2.05 bits per heavy atom. The van der Waals surface area contributed by atoms with Gasteiger partial charge < -0.3 is 0 Å². The molecule has 20 heavy (non-hydrogen) atoms. The van der Waals surface area contributed by atoms with Crippen molar-refractivity contribution in [2.75, 3.05) is 7.05 Å². The lowest BCUT2D eigenvalue weighted by atomic mass is 10.1. The summed E-state index contributed by atoms with van der Waals surface area (Å²) in [6.45, 7) is 1.45. The lowest BCUT2D eigenvalue weighted by molar-refractivity contribution is 0.0952. The Morgan fingerprint density at radius 1 is 1.30 bits per heavy atom. The third kappa shape index (κ3) is 3.80. The molecule has 1 amide bonds. The second-order valence-corrected chi connectivity index (χ2v) is 6.31. The summed E-state index contributed by atoms with van der Waals surface area (Å²) >= 11 is 7.49. The highest BCUT2D eigenvalue weighted by Gasteiger charge is 2.11. The standard InChI is InChI=1S/C14H16ClN3OS/c1-18(9-11-6-7-13(15)20-11)8-10-4-2-3-5-12(10)14(19)17-16/h2-7H,8-9,16H2,1H3,(H,17,19). The molecule has 0 spiro atoms. The van der Waals surface area contributed by atoms with Gasteiger partial charge in [0.2, 0.25) is 0 Å². The molecular weight excluding hydrogens is 294 g/mol. The molecule has 0 aliphatic rings. The van der Waals surface area contributed by atoms with Crippen LogP contribution in [0.1, 0.15) is 20.8 Å². The zero-order valence-electron chi connectivity index (χ0n) is 11.1. The van der Waals surface area contributed by atoms with E-state index in [2.05, 4.69) is 10.3 Å². The lowest BCUT2D eigenvalue weighted by Gasteiger charge is -2.17. The molecule has 2 rings (SSSR count). The molecule has 1 heterocycles. The molecule has 0 aliphatic heterocycles. The summed E-state index contributed by atoms with van der Waals surface area (Å²) in [5.41, 5.74) is 3.72. The predicted molar refractivity (Wildman–Crippen MR) is 82.6 cm³/mol. The number of nitrogens with one attached hydrogen (secondary N) is 1. The van der Waals surface area contributed by atoms with Crippen LogP contribution in [0.5, 0.6) is 0 Å². The summed E-state index contributed by atoms with van der Waals surface area (Å²) in [7, 11) is 2.00. The number of nitrogens with zero attached hydrogens (tertiary/aromatic N) is 1. The van der Waals surface area contributed by atoms with Crippen molar-refractivity contribution in [1.82, 2.24) is 10.3 Å². The summed E-state index contributed by atoms with van der Waals surface area (Å²) in [5, 5.41) is 0. The molecule has 6 heteroatoms. The van der Waals surface area contributed by atoms with Crippen LogP contribution < -0.4 is 11.3 Å². The van der Waals surface area contributed by atoms with Crippen molar-refractivity contribution in [3.05, 3.63) is 56.7 Å². The van der Waals surface area contributed by atoms with Gasteiger partial charge in [-0.3, -0.25) is 15.1 Å². The molecule has 1 aromatic heterocycles. The summed E-state index contributed by atoms with van der Waals surface area (Å²) in [4.78, 5) is 15.0. The summed E-state index contributed by atoms with van der Waals surface area (Å²) < 4.78 is 0.788. The molecule has 2 aromatic rings. The van der Waals surface area contributed by atoms with Crippen molar-refractivity contribution in [3.8, 4) is 0 Å². The van der Waals surface area contributed by atoms with Crippen LogP contribution in [0.25, 0.3) is 0 Å². The molecule has 0 saturated heterocycles. The Bertz CT molecular complexity index is 600. The van der Waals surface area contributed by atoms with E-state index in [1.807, 2.05) is 37.4 Å². The number of benzene rings is 1. The first-order valence-corrected chi connectivity index (χ1v) is 7.31. The van der Waals surface area contributed by atoms with Crippen molar-refractivity contribution in [2.45, 2.75) is 13.1 Å². The van der Waals surface area contributed by atoms with Gasteiger partial charge in [-0.25, -0.2) is 5.84 Å². The Hall–Kier alpha value is -1.40. The van der Waals surface area contributed by atoms with Crippen LogP contribution >= 0.6 is 22.9 Å². The van der Waals surface area contributed by atoms with Gasteiger partial charge in [-0.05, 0) is 30.8 Å². The van der Waals surface area contributed by atoms with Gasteiger partial charge in [-0.15, -0.1) is 11.3 Å². The quantitative estimate of drug-likeness (QED) is 0.507. The van der Waals surface area contributed by atoms with Crippen LogP contribution in [0.3, 0.4) is 0 Å². The Balaban J connectivity index is 2.07. The highest BCUT2D eigenvalue weighted by molar-refractivity contribution is 7.16. The number of halogens is 1. The number of hydrogen-bond donors (Lipinski definition) is 2. The van der Waals surface area contributed by atoms with Gasteiger partial charge >= 0.3 is 0 Å². The predicted octanol–water partition coefficient (Wildman–Crippen LogP) is 2.64. The first-order valence-electron chi connectivity index (χ1n) is 6.11. The van der Waals surface area contributed by atoms with Crippen LogP contribution in [0.15, 0.2) is 36.4 Å². The van der Waals surface area contributed by atoms with Gasteiger partial charge in [-0.2, -0.15) is 0 Å². The summed E-state index contributed by atoms with van der Waals surface area (Å²) in [6, 6.07) is 11.4. The molecule has 4 nitrogen and oxygen atoms in total. The second kappa shape index (κ2) is 6.85. The van der Waals surface area contributed by atoms with Crippen molar-refractivity contribution in [2.24, 2.45) is 5.84 Å². The van der Waals surface area contributed by atoms with Crippen LogP contribution in [-0.2, 0) is 13.1 Å². The van der Waals surface area contributed by atoms with Crippen LogP contribution in [-0.4, -0.2) is 17.9 Å². The fourth-order valence-electron chi connectivity index (χ4n) is 2.01. The molecular formula is C14H16ClN3OS. The molecule has 0 radical (unpaired) electrons. The number of nitrogen functional groups attached to an aromatic ring is 1. The fraction of sp³-hybridized carbons (Fsp3) is 0.214. The van der Waals surface area contributed by atoms with Crippen LogP contribution in [0.4, 0.5) is 0 Å². The van der Waals surface area contributed by atoms with E-state index in [1.165, 1.54) is 4.88 Å². The highest BCUT2D eigenvalue weighted by Crippen LogP contribution is 2.23. The van der Waals surface area contributed by atoms with E-state index in [-0.39, 0.29) is 5.91 Å². The molecule has 0 unspecified atom stereocenters. The first kappa shape index (κ1) is 15.0. The largest absolute Gasteiger partial charge is 0.297 e. The number of amides is 1. The molecule has 0 fully saturated rings. The van der Waals surface area contributed by atoms with Gasteiger partial charge in [0, 0.05) is 23.5 Å². The maximum atomic E-state index is 11.7. The number of nitrogens with two attached hydrogens (primary N) is 1. The maximum Gasteiger partial charge on any atom is 0.265 e. The van der Waals surface area contributed by atoms with Crippen molar-refractivity contribution in [1.29, 1.82) is 0 Å². The van der Waals surface area contributed by atoms with Crippen molar-refractivity contribution in [3.63, 3.8) is 0 Å². The lowest BCUT2D eigenvalue weighted by Crippen LogP contribution is -2.31. The maximum absolute atomic E-state index is 11.7. The molecule has 0 bridgehead atoms. The summed E-state index contributed by atoms with van der Waals surface area (Å²) in [6.07, 6.45) is 0. The number of hydrazine groups is 1. The topological polar surface area (TPSA) is 58.4 Å². The molecule has 3 N–H and O–H groups in total. The van der Waals surface area contributed by atoms with Gasteiger partial charge in [0.1, 0.15) is 0 Å². The molecule has 1 aromatic carbocycles. The second-order valence-electron chi connectivity index (χ2n) is 4.51. The van der Waals surface area contributed by atoms with Crippen LogP contribution in [0.2, 0.25) is 4.34 Å². The Morgan fingerprint density at radius 3 is 2.70 bits per heavy atom. The zero-order chi connectivity index (χ0) is 14.5. The van der Waals surface area contributed by atoms with E-state index in [4.69, 9.17) is 17.4 Å². The van der Waals surface area contributed by atoms with Crippen molar-refractivity contribution < 1.29 is 4.79 Å². The van der Waals surface area contributed by atoms with Crippen LogP contribution in [0, 0.1) is 0 Å². The Labute approximate surface area is 127 Å². The molecule has 106 valence electrons.